The first kappa shape index (κ1) is 16.0. The van der Waals surface area contributed by atoms with Crippen molar-refractivity contribution in [3.63, 3.8) is 0 Å². The number of amides is 1. The van der Waals surface area contributed by atoms with Gasteiger partial charge in [-0.15, -0.1) is 0 Å². The number of aromatic amines is 1. The molecule has 130 valence electrons. The number of carbonyl (C=O) groups excluding carboxylic acids is 1. The standard InChI is InChI=1S/C21H24N2O2/c1-14(11-12-15-6-5-13-25-15)22-21(24)18-9-4-8-17-16-7-2-3-10-19(16)23-20(17)18/h4-6,8-9,13-14,23H,2-3,7,10-12H2,1H3,(H,22,24)/t14-/m0/s1. The number of rotatable bonds is 5. The van der Waals surface area contributed by atoms with Crippen molar-refractivity contribution in [1.82, 2.24) is 10.3 Å². The Hall–Kier alpha value is -2.49. The molecule has 2 heterocycles. The summed E-state index contributed by atoms with van der Waals surface area (Å²) in [6.45, 7) is 2.04. The van der Waals surface area contributed by atoms with Crippen molar-refractivity contribution in [3.05, 3.63) is 59.2 Å². The molecule has 0 radical (unpaired) electrons. The highest BCUT2D eigenvalue weighted by Crippen LogP contribution is 2.30. The first-order valence-corrected chi connectivity index (χ1v) is 9.18. The van der Waals surface area contributed by atoms with Crippen LogP contribution in [-0.2, 0) is 19.3 Å². The quantitative estimate of drug-likeness (QED) is 0.726. The molecule has 0 unspecified atom stereocenters. The van der Waals surface area contributed by atoms with Crippen molar-refractivity contribution in [1.29, 1.82) is 0 Å². The average Bonchev–Trinajstić information content (AvgIpc) is 3.27. The van der Waals surface area contributed by atoms with Crippen LogP contribution in [0.15, 0.2) is 41.0 Å². The van der Waals surface area contributed by atoms with Crippen molar-refractivity contribution in [3.8, 4) is 0 Å². The van der Waals surface area contributed by atoms with E-state index in [2.05, 4.69) is 16.4 Å². The van der Waals surface area contributed by atoms with Gasteiger partial charge in [0.05, 0.1) is 17.3 Å². The molecule has 0 saturated carbocycles. The maximum atomic E-state index is 12.8. The lowest BCUT2D eigenvalue weighted by molar-refractivity contribution is 0.0939. The Labute approximate surface area is 147 Å². The number of nitrogens with one attached hydrogen (secondary N) is 2. The Balaban J connectivity index is 1.50. The highest BCUT2D eigenvalue weighted by atomic mass is 16.3. The predicted molar refractivity (Wildman–Crippen MR) is 98.9 cm³/mol. The van der Waals surface area contributed by atoms with E-state index in [9.17, 15) is 4.79 Å². The number of para-hydroxylation sites is 1. The fourth-order valence-corrected chi connectivity index (χ4v) is 3.81. The third kappa shape index (κ3) is 3.21. The molecule has 4 heteroatoms. The molecule has 4 rings (SSSR count). The Bertz CT molecular complexity index is 877. The van der Waals surface area contributed by atoms with E-state index < -0.39 is 0 Å². The predicted octanol–water partition coefficient (Wildman–Crippen LogP) is 4.39. The van der Waals surface area contributed by atoms with Gasteiger partial charge < -0.3 is 14.7 Å². The minimum Gasteiger partial charge on any atom is -0.469 e. The Morgan fingerprint density at radius 3 is 2.96 bits per heavy atom. The molecule has 0 spiro atoms. The van der Waals surface area contributed by atoms with Gasteiger partial charge in [0.2, 0.25) is 0 Å². The Morgan fingerprint density at radius 2 is 2.12 bits per heavy atom. The largest absolute Gasteiger partial charge is 0.469 e. The zero-order chi connectivity index (χ0) is 17.2. The minimum atomic E-state index is -0.00357. The van der Waals surface area contributed by atoms with Gasteiger partial charge in [0, 0.05) is 23.5 Å². The highest BCUT2D eigenvalue weighted by molar-refractivity contribution is 6.06. The molecule has 25 heavy (non-hydrogen) atoms. The molecule has 0 saturated heterocycles. The Kier molecular flexibility index (Phi) is 4.35. The van der Waals surface area contributed by atoms with E-state index in [-0.39, 0.29) is 11.9 Å². The summed E-state index contributed by atoms with van der Waals surface area (Å²) in [7, 11) is 0. The molecule has 2 aromatic heterocycles. The molecule has 2 N–H and O–H groups in total. The van der Waals surface area contributed by atoms with E-state index in [0.717, 1.165) is 42.5 Å². The smallest absolute Gasteiger partial charge is 0.253 e. The molecule has 0 bridgehead atoms. The summed E-state index contributed by atoms with van der Waals surface area (Å²) in [5, 5.41) is 4.34. The van der Waals surface area contributed by atoms with Gasteiger partial charge in [0.15, 0.2) is 0 Å². The van der Waals surface area contributed by atoms with Crippen LogP contribution in [-0.4, -0.2) is 16.9 Å². The topological polar surface area (TPSA) is 58.0 Å². The van der Waals surface area contributed by atoms with Crippen LogP contribution < -0.4 is 5.32 Å². The van der Waals surface area contributed by atoms with Crippen molar-refractivity contribution in [2.75, 3.05) is 0 Å². The minimum absolute atomic E-state index is 0.00357. The Morgan fingerprint density at radius 1 is 1.24 bits per heavy atom. The second-order valence-electron chi connectivity index (χ2n) is 7.01. The maximum Gasteiger partial charge on any atom is 0.253 e. The van der Waals surface area contributed by atoms with Crippen molar-refractivity contribution >= 4 is 16.8 Å². The van der Waals surface area contributed by atoms with Gasteiger partial charge in [-0.3, -0.25) is 4.79 Å². The monoisotopic (exact) mass is 336 g/mol. The average molecular weight is 336 g/mol. The van der Waals surface area contributed by atoms with Crippen molar-refractivity contribution in [2.45, 2.75) is 51.5 Å². The van der Waals surface area contributed by atoms with Gasteiger partial charge in [-0.05, 0) is 62.8 Å². The van der Waals surface area contributed by atoms with Crippen molar-refractivity contribution in [2.24, 2.45) is 0 Å². The van der Waals surface area contributed by atoms with Crippen LogP contribution in [0.5, 0.6) is 0 Å². The van der Waals surface area contributed by atoms with Crippen LogP contribution in [0.25, 0.3) is 10.9 Å². The summed E-state index contributed by atoms with van der Waals surface area (Å²) in [6.07, 6.45) is 8.04. The summed E-state index contributed by atoms with van der Waals surface area (Å²) in [5.74, 6) is 0.955. The van der Waals surface area contributed by atoms with E-state index in [1.807, 2.05) is 31.2 Å². The SMILES string of the molecule is C[C@@H](CCc1ccco1)NC(=O)c1cccc2c3c([nH]c12)CCCC3. The number of aryl methyl sites for hydroxylation is 3. The highest BCUT2D eigenvalue weighted by Gasteiger charge is 2.20. The van der Waals surface area contributed by atoms with Crippen LogP contribution in [0.2, 0.25) is 0 Å². The lowest BCUT2D eigenvalue weighted by Gasteiger charge is -2.13. The number of hydrogen-bond donors (Lipinski definition) is 2. The fourth-order valence-electron chi connectivity index (χ4n) is 3.81. The molecule has 1 aromatic carbocycles. The zero-order valence-corrected chi connectivity index (χ0v) is 14.6. The number of H-pyrrole nitrogens is 1. The maximum absolute atomic E-state index is 12.8. The zero-order valence-electron chi connectivity index (χ0n) is 14.6. The van der Waals surface area contributed by atoms with Gasteiger partial charge in [-0.2, -0.15) is 0 Å². The van der Waals surface area contributed by atoms with Crippen LogP contribution in [0.1, 0.15) is 53.6 Å². The van der Waals surface area contributed by atoms with Crippen LogP contribution in [0.4, 0.5) is 0 Å². The number of aromatic nitrogens is 1. The van der Waals surface area contributed by atoms with E-state index >= 15 is 0 Å². The second kappa shape index (κ2) is 6.79. The number of fused-ring (bicyclic) bond motifs is 3. The van der Waals surface area contributed by atoms with Crippen LogP contribution >= 0.6 is 0 Å². The molecule has 1 amide bonds. The van der Waals surface area contributed by atoms with Crippen molar-refractivity contribution < 1.29 is 9.21 Å². The van der Waals surface area contributed by atoms with Gasteiger partial charge in [-0.25, -0.2) is 0 Å². The number of hydrogen-bond acceptors (Lipinski definition) is 2. The molecule has 3 aromatic rings. The molecule has 1 aliphatic rings. The second-order valence-corrected chi connectivity index (χ2v) is 7.01. The molecule has 1 atom stereocenters. The first-order valence-electron chi connectivity index (χ1n) is 9.18. The molecular weight excluding hydrogens is 312 g/mol. The third-order valence-corrected chi connectivity index (χ3v) is 5.16. The van der Waals surface area contributed by atoms with Crippen LogP contribution in [0.3, 0.4) is 0 Å². The summed E-state index contributed by atoms with van der Waals surface area (Å²) in [4.78, 5) is 16.3. The number of benzene rings is 1. The lowest BCUT2D eigenvalue weighted by atomic mass is 9.95. The summed E-state index contributed by atoms with van der Waals surface area (Å²) < 4.78 is 5.36. The summed E-state index contributed by atoms with van der Waals surface area (Å²) in [5.41, 5.74) is 4.45. The fraction of sp³-hybridized carbons (Fsp3) is 0.381. The van der Waals surface area contributed by atoms with E-state index in [1.54, 1.807) is 6.26 Å². The first-order chi connectivity index (χ1) is 12.2. The summed E-state index contributed by atoms with van der Waals surface area (Å²) >= 11 is 0. The van der Waals surface area contributed by atoms with Gasteiger partial charge in [0.1, 0.15) is 5.76 Å². The van der Waals surface area contributed by atoms with E-state index in [1.165, 1.54) is 29.5 Å². The number of furan rings is 1. The van der Waals surface area contributed by atoms with E-state index in [4.69, 9.17) is 4.42 Å². The van der Waals surface area contributed by atoms with Crippen LogP contribution in [0, 0.1) is 0 Å². The van der Waals surface area contributed by atoms with E-state index in [0.29, 0.717) is 0 Å². The molecule has 0 fully saturated rings. The van der Waals surface area contributed by atoms with Gasteiger partial charge >= 0.3 is 0 Å². The molecular formula is C21H24N2O2. The normalized spacial score (nSPS) is 15.1. The molecule has 0 aliphatic heterocycles. The van der Waals surface area contributed by atoms with Gasteiger partial charge in [-0.1, -0.05) is 12.1 Å². The van der Waals surface area contributed by atoms with Gasteiger partial charge in [0.25, 0.3) is 5.91 Å². The third-order valence-electron chi connectivity index (χ3n) is 5.16. The summed E-state index contributed by atoms with van der Waals surface area (Å²) in [6, 6.07) is 10.0. The molecule has 4 nitrogen and oxygen atoms in total. The lowest BCUT2D eigenvalue weighted by Crippen LogP contribution is -2.33. The molecule has 1 aliphatic carbocycles. The number of carbonyl (C=O) groups is 1.